The highest BCUT2D eigenvalue weighted by Crippen LogP contribution is 2.23. The highest BCUT2D eigenvalue weighted by atomic mass is 32.1. The molecule has 3 aromatic rings. The predicted molar refractivity (Wildman–Crippen MR) is 108 cm³/mol. The summed E-state index contributed by atoms with van der Waals surface area (Å²) in [5, 5.41) is 2.20. The maximum Gasteiger partial charge on any atom is 0.190 e. The molecular formula is C21H26N3OS+. The van der Waals surface area contributed by atoms with Gasteiger partial charge in [-0.3, -0.25) is 0 Å². The zero-order chi connectivity index (χ0) is 18.4. The van der Waals surface area contributed by atoms with Gasteiger partial charge in [-0.2, -0.15) is 0 Å². The summed E-state index contributed by atoms with van der Waals surface area (Å²) in [5.74, 6) is 0.876. The van der Waals surface area contributed by atoms with Gasteiger partial charge in [-0.05, 0) is 42.0 Å². The van der Waals surface area contributed by atoms with Crippen LogP contribution in [0.2, 0.25) is 0 Å². The number of para-hydroxylation sites is 1. The highest BCUT2D eigenvalue weighted by Gasteiger charge is 2.09. The second-order valence-corrected chi connectivity index (χ2v) is 7.38. The van der Waals surface area contributed by atoms with Crippen LogP contribution in [0.4, 0.5) is 5.69 Å². The van der Waals surface area contributed by atoms with Gasteiger partial charge < -0.3 is 14.2 Å². The Bertz CT molecular complexity index is 880. The second kappa shape index (κ2) is 8.83. The number of rotatable bonds is 7. The van der Waals surface area contributed by atoms with Gasteiger partial charge in [-0.15, -0.1) is 11.3 Å². The molecule has 0 aliphatic carbocycles. The lowest BCUT2D eigenvalue weighted by Crippen LogP contribution is -3.05. The molecule has 0 radical (unpaired) electrons. The first kappa shape index (κ1) is 18.4. The smallest absolute Gasteiger partial charge is 0.190 e. The van der Waals surface area contributed by atoms with Gasteiger partial charge in [0, 0.05) is 18.3 Å². The minimum absolute atomic E-state index is 0.876. The number of nitrogens with zero attached hydrogens (tertiary/aromatic N) is 2. The molecule has 0 aliphatic heterocycles. The fourth-order valence-electron chi connectivity index (χ4n) is 2.83. The molecule has 1 heterocycles. The largest absolute Gasteiger partial charge is 0.497 e. The zero-order valence-corrected chi connectivity index (χ0v) is 16.4. The molecule has 0 unspecified atom stereocenters. The van der Waals surface area contributed by atoms with E-state index in [1.54, 1.807) is 18.4 Å². The predicted octanol–water partition coefficient (Wildman–Crippen LogP) is 2.99. The molecule has 1 aromatic heterocycles. The third-order valence-electron chi connectivity index (χ3n) is 4.22. The molecule has 4 nitrogen and oxygen atoms in total. The molecule has 3 rings (SSSR count). The first-order valence-corrected chi connectivity index (χ1v) is 9.77. The molecule has 26 heavy (non-hydrogen) atoms. The van der Waals surface area contributed by atoms with E-state index in [1.807, 2.05) is 42.5 Å². The summed E-state index contributed by atoms with van der Waals surface area (Å²) in [6.45, 7) is 2.09. The van der Waals surface area contributed by atoms with Gasteiger partial charge in [-0.1, -0.05) is 18.2 Å². The molecule has 0 fully saturated rings. The molecule has 0 spiro atoms. The standard InChI is InChI=1S/C21H25N3OS/c1-23(2)14-7-15-24-20(17-10-12-19(25-3)13-11-17)16-26-21(24)22-18-8-5-4-6-9-18/h4-6,8-13,16H,7,14-15H2,1-3H3/p+1. The summed E-state index contributed by atoms with van der Waals surface area (Å²) in [4.78, 5) is 7.37. The monoisotopic (exact) mass is 368 g/mol. The third kappa shape index (κ3) is 4.62. The first-order valence-electron chi connectivity index (χ1n) is 8.89. The molecule has 136 valence electrons. The van der Waals surface area contributed by atoms with Crippen LogP contribution in [0.25, 0.3) is 11.3 Å². The minimum Gasteiger partial charge on any atom is -0.497 e. The summed E-state index contributed by atoms with van der Waals surface area (Å²) >= 11 is 1.69. The van der Waals surface area contributed by atoms with E-state index in [-0.39, 0.29) is 0 Å². The van der Waals surface area contributed by atoms with Gasteiger partial charge in [0.25, 0.3) is 0 Å². The van der Waals surface area contributed by atoms with Gasteiger partial charge in [0.1, 0.15) is 5.75 Å². The van der Waals surface area contributed by atoms with E-state index in [9.17, 15) is 0 Å². The fraction of sp³-hybridized carbons (Fsp3) is 0.286. The summed E-state index contributed by atoms with van der Waals surface area (Å²) in [6, 6.07) is 18.4. The van der Waals surface area contributed by atoms with Crippen LogP contribution in [0.1, 0.15) is 6.42 Å². The van der Waals surface area contributed by atoms with Crippen molar-refractivity contribution in [2.75, 3.05) is 27.7 Å². The fourth-order valence-corrected chi connectivity index (χ4v) is 3.79. The van der Waals surface area contributed by atoms with Crippen LogP contribution in [0.15, 0.2) is 65.0 Å². The van der Waals surface area contributed by atoms with E-state index < -0.39 is 0 Å². The van der Waals surface area contributed by atoms with E-state index >= 15 is 0 Å². The summed E-state index contributed by atoms with van der Waals surface area (Å²) in [7, 11) is 6.08. The van der Waals surface area contributed by atoms with E-state index in [0.717, 1.165) is 35.7 Å². The lowest BCUT2D eigenvalue weighted by molar-refractivity contribution is -0.858. The molecule has 2 aromatic carbocycles. The Labute approximate surface area is 159 Å². The van der Waals surface area contributed by atoms with Crippen molar-refractivity contribution >= 4 is 17.0 Å². The Morgan fingerprint density at radius 3 is 2.42 bits per heavy atom. The molecule has 0 saturated heterocycles. The van der Waals surface area contributed by atoms with Crippen molar-refractivity contribution < 1.29 is 9.64 Å². The molecule has 0 aliphatic rings. The lowest BCUT2D eigenvalue weighted by atomic mass is 10.1. The third-order valence-corrected chi connectivity index (χ3v) is 5.09. The van der Waals surface area contributed by atoms with Gasteiger partial charge in [0.05, 0.1) is 39.1 Å². The number of aromatic nitrogens is 1. The van der Waals surface area contributed by atoms with Gasteiger partial charge in [0.15, 0.2) is 4.80 Å². The lowest BCUT2D eigenvalue weighted by Gasteiger charge is -2.11. The topological polar surface area (TPSA) is 31.0 Å². The van der Waals surface area contributed by atoms with Gasteiger partial charge in [0.2, 0.25) is 0 Å². The highest BCUT2D eigenvalue weighted by molar-refractivity contribution is 7.07. The first-order chi connectivity index (χ1) is 12.7. The van der Waals surface area contributed by atoms with Crippen molar-refractivity contribution in [2.45, 2.75) is 13.0 Å². The van der Waals surface area contributed by atoms with Gasteiger partial charge >= 0.3 is 0 Å². The van der Waals surface area contributed by atoms with Crippen LogP contribution < -0.4 is 14.4 Å². The van der Waals surface area contributed by atoms with Crippen LogP contribution in [-0.4, -0.2) is 32.3 Å². The number of methoxy groups -OCH3 is 1. The minimum atomic E-state index is 0.876. The van der Waals surface area contributed by atoms with E-state index in [2.05, 4.69) is 36.2 Å². The number of hydrogen-bond donors (Lipinski definition) is 1. The molecule has 0 bridgehead atoms. The number of quaternary nitrogens is 1. The van der Waals surface area contributed by atoms with Crippen molar-refractivity contribution in [3.8, 4) is 17.0 Å². The number of benzene rings is 2. The van der Waals surface area contributed by atoms with E-state index in [0.29, 0.717) is 0 Å². The number of thiazole rings is 1. The molecular weight excluding hydrogens is 342 g/mol. The van der Waals surface area contributed by atoms with Crippen LogP contribution in [0.5, 0.6) is 5.75 Å². The Hall–Kier alpha value is -2.37. The van der Waals surface area contributed by atoms with Crippen LogP contribution in [0.3, 0.4) is 0 Å². The summed E-state index contributed by atoms with van der Waals surface area (Å²) < 4.78 is 7.62. The normalized spacial score (nSPS) is 11.9. The number of nitrogens with one attached hydrogen (secondary N) is 1. The Morgan fingerprint density at radius 2 is 1.77 bits per heavy atom. The molecule has 0 amide bonds. The number of ether oxygens (including phenoxy) is 1. The molecule has 1 N–H and O–H groups in total. The Balaban J connectivity index is 1.99. The van der Waals surface area contributed by atoms with Gasteiger partial charge in [-0.25, -0.2) is 4.99 Å². The zero-order valence-electron chi connectivity index (χ0n) is 15.6. The molecule has 5 heteroatoms. The molecule has 0 atom stereocenters. The second-order valence-electron chi connectivity index (χ2n) is 6.54. The Morgan fingerprint density at radius 1 is 1.04 bits per heavy atom. The summed E-state index contributed by atoms with van der Waals surface area (Å²) in [5.41, 5.74) is 3.39. The van der Waals surface area contributed by atoms with E-state index in [1.165, 1.54) is 16.2 Å². The Kier molecular flexibility index (Phi) is 6.26. The molecule has 0 saturated carbocycles. The van der Waals surface area contributed by atoms with Crippen molar-refractivity contribution in [3.63, 3.8) is 0 Å². The SMILES string of the molecule is COc1ccc(-c2csc(=Nc3ccccc3)n2CCC[NH+](C)C)cc1. The van der Waals surface area contributed by atoms with Crippen molar-refractivity contribution in [2.24, 2.45) is 4.99 Å². The quantitative estimate of drug-likeness (QED) is 0.683. The number of hydrogen-bond acceptors (Lipinski definition) is 3. The average Bonchev–Trinajstić information content (AvgIpc) is 3.05. The van der Waals surface area contributed by atoms with Crippen molar-refractivity contribution in [1.29, 1.82) is 0 Å². The summed E-state index contributed by atoms with van der Waals surface area (Å²) in [6.07, 6.45) is 1.12. The van der Waals surface area contributed by atoms with Crippen LogP contribution in [-0.2, 0) is 6.54 Å². The van der Waals surface area contributed by atoms with E-state index in [4.69, 9.17) is 9.73 Å². The van der Waals surface area contributed by atoms with Crippen molar-refractivity contribution in [1.82, 2.24) is 4.57 Å². The van der Waals surface area contributed by atoms with Crippen LogP contribution in [0, 0.1) is 0 Å². The maximum atomic E-state index is 5.29. The van der Waals surface area contributed by atoms with Crippen LogP contribution >= 0.6 is 11.3 Å². The maximum absolute atomic E-state index is 5.29. The average molecular weight is 369 g/mol. The van der Waals surface area contributed by atoms with Crippen molar-refractivity contribution in [3.05, 3.63) is 64.8 Å².